The van der Waals surface area contributed by atoms with E-state index in [1.54, 1.807) is 4.90 Å². The highest BCUT2D eigenvalue weighted by molar-refractivity contribution is 14.0. The third-order valence-corrected chi connectivity index (χ3v) is 5.94. The summed E-state index contributed by atoms with van der Waals surface area (Å²) in [5.74, 6) is 1.08. The van der Waals surface area contributed by atoms with Crippen LogP contribution in [0, 0.1) is 5.41 Å². The van der Waals surface area contributed by atoms with Crippen LogP contribution >= 0.6 is 24.0 Å². The standard InChI is InChI=1S/C20H39N5O.HI/c1-5-21-19(22-13-15-25-14-9-6-10-17(25)2)23-16-20(11-7-8-12-20)18(26)24(3)4;/h17H,5-16H2,1-4H3,(H2,21,22,23);1H. The molecule has 2 rings (SSSR count). The molecule has 1 saturated carbocycles. The highest BCUT2D eigenvalue weighted by atomic mass is 127. The Balaban J connectivity index is 0.00000364. The molecule has 1 amide bonds. The van der Waals surface area contributed by atoms with Crippen LogP contribution < -0.4 is 10.6 Å². The van der Waals surface area contributed by atoms with Crippen LogP contribution in [0.15, 0.2) is 4.99 Å². The predicted molar refractivity (Wildman–Crippen MR) is 124 cm³/mol. The number of aliphatic imine (C=N–C) groups is 1. The monoisotopic (exact) mass is 493 g/mol. The molecule has 2 N–H and O–H groups in total. The average molecular weight is 493 g/mol. The van der Waals surface area contributed by atoms with Gasteiger partial charge in [-0.3, -0.25) is 14.7 Å². The summed E-state index contributed by atoms with van der Waals surface area (Å²) in [5.41, 5.74) is -0.298. The van der Waals surface area contributed by atoms with Crippen LogP contribution in [0.25, 0.3) is 0 Å². The van der Waals surface area contributed by atoms with E-state index in [9.17, 15) is 4.79 Å². The van der Waals surface area contributed by atoms with E-state index in [0.29, 0.717) is 12.6 Å². The second kappa shape index (κ2) is 12.1. The van der Waals surface area contributed by atoms with Crippen molar-refractivity contribution in [3.05, 3.63) is 0 Å². The van der Waals surface area contributed by atoms with E-state index in [0.717, 1.165) is 51.3 Å². The molecule has 7 heteroatoms. The first-order chi connectivity index (χ1) is 12.5. The molecule has 1 heterocycles. The minimum atomic E-state index is -0.298. The van der Waals surface area contributed by atoms with Crippen molar-refractivity contribution in [2.45, 2.75) is 64.8 Å². The maximum absolute atomic E-state index is 12.7. The quantitative estimate of drug-likeness (QED) is 0.325. The molecule has 6 nitrogen and oxygen atoms in total. The van der Waals surface area contributed by atoms with Gasteiger partial charge in [0.2, 0.25) is 5.91 Å². The lowest BCUT2D eigenvalue weighted by molar-refractivity contribution is -0.138. The molecule has 1 unspecified atom stereocenters. The Bertz CT molecular complexity index is 477. The van der Waals surface area contributed by atoms with Crippen LogP contribution in [0.3, 0.4) is 0 Å². The van der Waals surface area contributed by atoms with E-state index < -0.39 is 0 Å². The molecule has 1 atom stereocenters. The number of piperidine rings is 1. The summed E-state index contributed by atoms with van der Waals surface area (Å²) in [4.78, 5) is 21.8. The number of carbonyl (C=O) groups excluding carboxylic acids is 1. The fourth-order valence-electron chi connectivity index (χ4n) is 4.35. The fourth-order valence-corrected chi connectivity index (χ4v) is 4.35. The number of carbonyl (C=O) groups is 1. The second-order valence-corrected chi connectivity index (χ2v) is 8.19. The molecule has 1 aliphatic heterocycles. The summed E-state index contributed by atoms with van der Waals surface area (Å²) in [6.07, 6.45) is 8.16. The van der Waals surface area contributed by atoms with Crippen molar-refractivity contribution in [3.8, 4) is 0 Å². The number of likely N-dealkylation sites (tertiary alicyclic amines) is 1. The molecule has 0 aromatic heterocycles. The maximum Gasteiger partial charge on any atom is 0.230 e. The van der Waals surface area contributed by atoms with E-state index in [-0.39, 0.29) is 35.3 Å². The Morgan fingerprint density at radius 2 is 1.89 bits per heavy atom. The van der Waals surface area contributed by atoms with Crippen LogP contribution in [-0.2, 0) is 4.79 Å². The molecule has 0 spiro atoms. The lowest BCUT2D eigenvalue weighted by Crippen LogP contribution is -2.46. The molecule has 0 radical (unpaired) electrons. The van der Waals surface area contributed by atoms with Gasteiger partial charge in [-0.1, -0.05) is 19.3 Å². The van der Waals surface area contributed by atoms with E-state index in [4.69, 9.17) is 4.99 Å². The molecule has 2 aliphatic rings. The Kier molecular flexibility index (Phi) is 11.0. The topological polar surface area (TPSA) is 60.0 Å². The van der Waals surface area contributed by atoms with E-state index in [1.807, 2.05) is 14.1 Å². The Morgan fingerprint density at radius 3 is 2.48 bits per heavy atom. The van der Waals surface area contributed by atoms with Crippen LogP contribution in [0.4, 0.5) is 0 Å². The molecular formula is C20H40IN5O. The summed E-state index contributed by atoms with van der Waals surface area (Å²) in [7, 11) is 3.71. The third kappa shape index (κ3) is 7.07. The summed E-state index contributed by atoms with van der Waals surface area (Å²) in [6, 6.07) is 0.685. The Hall–Kier alpha value is -0.570. The first-order valence-corrected chi connectivity index (χ1v) is 10.5. The van der Waals surface area contributed by atoms with Gasteiger partial charge in [-0.2, -0.15) is 0 Å². The van der Waals surface area contributed by atoms with Crippen molar-refractivity contribution >= 4 is 35.8 Å². The zero-order valence-corrected chi connectivity index (χ0v) is 20.1. The van der Waals surface area contributed by atoms with Crippen LogP contribution in [0.2, 0.25) is 0 Å². The summed E-state index contributed by atoms with van der Waals surface area (Å²) < 4.78 is 0. The smallest absolute Gasteiger partial charge is 0.230 e. The zero-order chi connectivity index (χ0) is 19.0. The molecule has 0 aromatic carbocycles. The molecule has 158 valence electrons. The van der Waals surface area contributed by atoms with E-state index >= 15 is 0 Å². The van der Waals surface area contributed by atoms with Gasteiger partial charge in [0.1, 0.15) is 0 Å². The summed E-state index contributed by atoms with van der Waals surface area (Å²) in [6.45, 7) is 8.98. The van der Waals surface area contributed by atoms with Gasteiger partial charge in [-0.15, -0.1) is 24.0 Å². The van der Waals surface area contributed by atoms with Crippen LogP contribution in [-0.4, -0.2) is 74.5 Å². The minimum Gasteiger partial charge on any atom is -0.357 e. The van der Waals surface area contributed by atoms with Gasteiger partial charge in [0.15, 0.2) is 5.96 Å². The first-order valence-electron chi connectivity index (χ1n) is 10.5. The van der Waals surface area contributed by atoms with Crippen molar-refractivity contribution in [2.75, 3.05) is 46.8 Å². The number of halogens is 1. The van der Waals surface area contributed by atoms with Gasteiger partial charge in [-0.05, 0) is 46.1 Å². The minimum absolute atomic E-state index is 0. The normalized spacial score (nSPS) is 22.8. The Labute approximate surface area is 182 Å². The van der Waals surface area contributed by atoms with Gasteiger partial charge in [0.05, 0.1) is 12.0 Å². The number of nitrogens with one attached hydrogen (secondary N) is 2. The van der Waals surface area contributed by atoms with Crippen molar-refractivity contribution in [3.63, 3.8) is 0 Å². The number of amides is 1. The van der Waals surface area contributed by atoms with Gasteiger partial charge >= 0.3 is 0 Å². The zero-order valence-electron chi connectivity index (χ0n) is 17.7. The molecule has 0 bridgehead atoms. The second-order valence-electron chi connectivity index (χ2n) is 8.19. The summed E-state index contributed by atoms with van der Waals surface area (Å²) >= 11 is 0. The third-order valence-electron chi connectivity index (χ3n) is 5.94. The lowest BCUT2D eigenvalue weighted by atomic mass is 9.85. The van der Waals surface area contributed by atoms with Gasteiger partial charge in [0, 0.05) is 39.8 Å². The lowest BCUT2D eigenvalue weighted by Gasteiger charge is -2.33. The molecular weight excluding hydrogens is 453 g/mol. The highest BCUT2D eigenvalue weighted by Gasteiger charge is 2.42. The van der Waals surface area contributed by atoms with Crippen LogP contribution in [0.5, 0.6) is 0 Å². The number of hydrogen-bond donors (Lipinski definition) is 2. The van der Waals surface area contributed by atoms with Crippen molar-refractivity contribution in [1.29, 1.82) is 0 Å². The average Bonchev–Trinajstić information content (AvgIpc) is 3.10. The number of guanidine groups is 1. The summed E-state index contributed by atoms with van der Waals surface area (Å²) in [5, 5.41) is 6.81. The maximum atomic E-state index is 12.7. The number of hydrogen-bond acceptors (Lipinski definition) is 3. The van der Waals surface area contributed by atoms with Gasteiger partial charge < -0.3 is 15.5 Å². The van der Waals surface area contributed by atoms with Crippen molar-refractivity contribution in [1.82, 2.24) is 20.4 Å². The first kappa shape index (κ1) is 24.5. The van der Waals surface area contributed by atoms with Crippen molar-refractivity contribution < 1.29 is 4.79 Å². The van der Waals surface area contributed by atoms with E-state index in [2.05, 4.69) is 29.4 Å². The molecule has 1 saturated heterocycles. The SMILES string of the molecule is CCNC(=NCC1(C(=O)N(C)C)CCCC1)NCCN1CCCCC1C.I. The predicted octanol–water partition coefficient (Wildman–Crippen LogP) is 2.68. The molecule has 2 fully saturated rings. The number of rotatable bonds is 7. The van der Waals surface area contributed by atoms with Crippen LogP contribution in [0.1, 0.15) is 58.8 Å². The molecule has 27 heavy (non-hydrogen) atoms. The number of nitrogens with zero attached hydrogens (tertiary/aromatic N) is 3. The van der Waals surface area contributed by atoms with Crippen molar-refractivity contribution in [2.24, 2.45) is 10.4 Å². The molecule has 1 aliphatic carbocycles. The highest BCUT2D eigenvalue weighted by Crippen LogP contribution is 2.39. The fraction of sp³-hybridized carbons (Fsp3) is 0.900. The largest absolute Gasteiger partial charge is 0.357 e. The van der Waals surface area contributed by atoms with Gasteiger partial charge in [-0.25, -0.2) is 0 Å². The molecule has 0 aromatic rings. The van der Waals surface area contributed by atoms with Gasteiger partial charge in [0.25, 0.3) is 0 Å². The van der Waals surface area contributed by atoms with E-state index in [1.165, 1.54) is 25.8 Å². The Morgan fingerprint density at radius 1 is 1.19 bits per heavy atom.